The zero-order valence-corrected chi connectivity index (χ0v) is 30.3. The molecule has 0 radical (unpaired) electrons. The van der Waals surface area contributed by atoms with Crippen LogP contribution in [0.15, 0.2) is 180 Å². The lowest BCUT2D eigenvalue weighted by Crippen LogP contribution is -2.00. The first-order valence-corrected chi connectivity index (χ1v) is 18.4. The van der Waals surface area contributed by atoms with Crippen LogP contribution in [0.1, 0.15) is 0 Å². The average molecular weight is 732 g/mol. The number of hydrogen-bond acceptors (Lipinski definition) is 7. The summed E-state index contributed by atoms with van der Waals surface area (Å²) in [5.41, 5.74) is 9.13. The minimum Gasteiger partial charge on any atom is -0.456 e. The number of furan rings is 1. The molecule has 0 aliphatic carbocycles. The van der Waals surface area contributed by atoms with Gasteiger partial charge in [-0.1, -0.05) is 152 Å². The van der Waals surface area contributed by atoms with Gasteiger partial charge < -0.3 is 4.42 Å². The zero-order valence-electron chi connectivity index (χ0n) is 30.3. The minimum absolute atomic E-state index is 0.530. The van der Waals surface area contributed by atoms with Gasteiger partial charge in [-0.05, 0) is 35.4 Å². The lowest BCUT2D eigenvalue weighted by Gasteiger charge is -2.10. The van der Waals surface area contributed by atoms with Crippen molar-refractivity contribution in [2.75, 3.05) is 0 Å². The van der Waals surface area contributed by atoms with Crippen molar-refractivity contribution in [1.29, 1.82) is 0 Å². The molecule has 0 spiro atoms. The molecule has 8 nitrogen and oxygen atoms in total. The lowest BCUT2D eigenvalue weighted by molar-refractivity contribution is 0.669. The van der Waals surface area contributed by atoms with E-state index >= 15 is 0 Å². The largest absolute Gasteiger partial charge is 0.456 e. The second-order valence-corrected chi connectivity index (χ2v) is 13.4. The van der Waals surface area contributed by atoms with Crippen molar-refractivity contribution in [3.05, 3.63) is 187 Å². The molecule has 0 aliphatic heterocycles. The van der Waals surface area contributed by atoms with Crippen LogP contribution in [0.4, 0.5) is 5.69 Å². The number of rotatable bonds is 7. The van der Waals surface area contributed by atoms with E-state index in [2.05, 4.69) is 10.9 Å². The maximum atomic E-state index is 7.42. The third-order valence-corrected chi connectivity index (χ3v) is 9.81. The smallest absolute Gasteiger partial charge is 0.187 e. The van der Waals surface area contributed by atoms with E-state index in [9.17, 15) is 0 Å². The fourth-order valence-corrected chi connectivity index (χ4v) is 7.00. The van der Waals surface area contributed by atoms with Gasteiger partial charge in [-0.2, -0.15) is 0 Å². The summed E-state index contributed by atoms with van der Waals surface area (Å²) in [6.45, 7) is 7.42. The molecule has 10 aromatic rings. The molecule has 10 rings (SSSR count). The molecule has 8 heteroatoms. The van der Waals surface area contributed by atoms with E-state index in [0.717, 1.165) is 55.3 Å². The van der Waals surface area contributed by atoms with Crippen LogP contribution in [0.3, 0.4) is 0 Å². The summed E-state index contributed by atoms with van der Waals surface area (Å²) >= 11 is 0. The molecule has 0 saturated heterocycles. The van der Waals surface area contributed by atoms with Crippen LogP contribution in [0.5, 0.6) is 0 Å². The maximum absolute atomic E-state index is 7.42. The van der Waals surface area contributed by atoms with Crippen LogP contribution in [-0.4, -0.2) is 29.9 Å². The number of hydrogen-bond donors (Lipinski definition) is 0. The van der Waals surface area contributed by atoms with Gasteiger partial charge in [-0.3, -0.25) is 0 Å². The Morgan fingerprint density at radius 2 is 0.807 bits per heavy atom. The quantitative estimate of drug-likeness (QED) is 0.151. The van der Waals surface area contributed by atoms with Crippen molar-refractivity contribution in [2.24, 2.45) is 0 Å². The Morgan fingerprint density at radius 1 is 0.351 bits per heavy atom. The molecular formula is C49H29N7O. The van der Waals surface area contributed by atoms with Crippen molar-refractivity contribution < 1.29 is 4.42 Å². The molecular weight excluding hydrogens is 703 g/mol. The van der Waals surface area contributed by atoms with Gasteiger partial charge in [0, 0.05) is 44.2 Å². The van der Waals surface area contributed by atoms with Gasteiger partial charge in [0.05, 0.1) is 6.57 Å². The van der Waals surface area contributed by atoms with Crippen LogP contribution in [-0.2, 0) is 0 Å². The van der Waals surface area contributed by atoms with Gasteiger partial charge in [-0.25, -0.2) is 34.7 Å². The van der Waals surface area contributed by atoms with Crippen LogP contribution >= 0.6 is 0 Å². The molecule has 0 saturated carbocycles. The van der Waals surface area contributed by atoms with Crippen molar-refractivity contribution in [1.82, 2.24) is 29.9 Å². The highest BCUT2D eigenvalue weighted by atomic mass is 16.3. The summed E-state index contributed by atoms with van der Waals surface area (Å²) in [5, 5.41) is 1.81. The molecule has 3 aromatic heterocycles. The van der Waals surface area contributed by atoms with Crippen molar-refractivity contribution in [3.8, 4) is 79.5 Å². The second kappa shape index (κ2) is 14.3. The molecule has 0 atom stereocenters. The van der Waals surface area contributed by atoms with Gasteiger partial charge >= 0.3 is 0 Å². The Labute approximate surface area is 327 Å². The van der Waals surface area contributed by atoms with Crippen molar-refractivity contribution in [2.45, 2.75) is 0 Å². The predicted octanol–water partition coefficient (Wildman–Crippen LogP) is 12.2. The molecule has 0 bridgehead atoms. The lowest BCUT2D eigenvalue weighted by atomic mass is 10.0. The molecule has 0 fully saturated rings. The fourth-order valence-electron chi connectivity index (χ4n) is 7.00. The SMILES string of the molecule is [C-]#[N+]c1cccc(-c2ccc(-c3nc(-c4ccccc4)nc(-c4cccc5oc6cc(-c7nc(-c8ccccc8)nc(-c8ccccc8)n7)ccc6c45)n3)cc2)c1. The van der Waals surface area contributed by atoms with E-state index in [1.807, 2.05) is 170 Å². The van der Waals surface area contributed by atoms with Gasteiger partial charge in [0.2, 0.25) is 0 Å². The summed E-state index contributed by atoms with van der Waals surface area (Å²) in [6, 6.07) is 57.5. The van der Waals surface area contributed by atoms with Crippen LogP contribution in [0, 0.1) is 6.57 Å². The highest BCUT2D eigenvalue weighted by Crippen LogP contribution is 2.38. The standard InChI is InChI=1S/C49H29N7O/c1-50-38-20-11-19-36(29-38)31-23-25-35(26-24-31)47-52-46(34-17-9-4-10-18-34)55-49(56-47)40-21-12-22-41-43(40)39-28-27-37(30-42(39)57-41)48-53-44(32-13-5-2-6-14-32)51-45(54-48)33-15-7-3-8-16-33/h2-30H. The van der Waals surface area contributed by atoms with Crippen LogP contribution in [0.25, 0.3) is 106 Å². The Kier molecular flexibility index (Phi) is 8.36. The highest BCUT2D eigenvalue weighted by Gasteiger charge is 2.19. The van der Waals surface area contributed by atoms with Crippen molar-refractivity contribution >= 4 is 27.6 Å². The van der Waals surface area contributed by atoms with E-state index in [1.54, 1.807) is 0 Å². The van der Waals surface area contributed by atoms with Crippen molar-refractivity contribution in [3.63, 3.8) is 0 Å². The minimum atomic E-state index is 0.530. The first kappa shape index (κ1) is 33.4. The highest BCUT2D eigenvalue weighted by molar-refractivity contribution is 6.12. The number of nitrogens with zero attached hydrogens (tertiary/aromatic N) is 7. The number of benzene rings is 7. The third kappa shape index (κ3) is 6.45. The Hall–Kier alpha value is -8.15. The van der Waals surface area contributed by atoms with Gasteiger partial charge in [0.15, 0.2) is 40.6 Å². The molecule has 266 valence electrons. The monoisotopic (exact) mass is 731 g/mol. The Morgan fingerprint density at radius 3 is 1.37 bits per heavy atom. The van der Waals surface area contributed by atoms with Gasteiger partial charge in [-0.15, -0.1) is 0 Å². The summed E-state index contributed by atoms with van der Waals surface area (Å²) in [6.07, 6.45) is 0. The number of fused-ring (bicyclic) bond motifs is 3. The second-order valence-electron chi connectivity index (χ2n) is 13.4. The normalized spacial score (nSPS) is 11.1. The average Bonchev–Trinajstić information content (AvgIpc) is 3.68. The molecule has 0 unspecified atom stereocenters. The summed E-state index contributed by atoms with van der Waals surface area (Å²) in [4.78, 5) is 33.4. The molecule has 7 aromatic carbocycles. The number of aromatic nitrogens is 6. The molecule has 3 heterocycles. The molecule has 57 heavy (non-hydrogen) atoms. The van der Waals surface area contributed by atoms with E-state index < -0.39 is 0 Å². The third-order valence-electron chi connectivity index (χ3n) is 9.81. The predicted molar refractivity (Wildman–Crippen MR) is 225 cm³/mol. The molecule has 0 aliphatic rings. The topological polar surface area (TPSA) is 94.8 Å². The molecule has 0 N–H and O–H groups in total. The summed E-state index contributed by atoms with van der Waals surface area (Å²) in [7, 11) is 0. The Bertz CT molecular complexity index is 3060. The van der Waals surface area contributed by atoms with E-state index in [4.69, 9.17) is 40.9 Å². The fraction of sp³-hybridized carbons (Fsp3) is 0. The van der Waals surface area contributed by atoms with Gasteiger partial charge in [0.25, 0.3) is 0 Å². The van der Waals surface area contributed by atoms with Gasteiger partial charge in [0.1, 0.15) is 11.2 Å². The van der Waals surface area contributed by atoms with Crippen LogP contribution < -0.4 is 0 Å². The van der Waals surface area contributed by atoms with E-state index in [1.165, 1.54) is 0 Å². The van der Waals surface area contributed by atoms with E-state index in [-0.39, 0.29) is 0 Å². The maximum Gasteiger partial charge on any atom is 0.187 e. The summed E-state index contributed by atoms with van der Waals surface area (Å²) in [5.74, 6) is 3.37. The Balaban J connectivity index is 1.09. The first-order valence-electron chi connectivity index (χ1n) is 18.4. The summed E-state index contributed by atoms with van der Waals surface area (Å²) < 4.78 is 6.55. The van der Waals surface area contributed by atoms with Crippen LogP contribution in [0.2, 0.25) is 0 Å². The van der Waals surface area contributed by atoms with E-state index in [0.29, 0.717) is 51.8 Å². The molecule has 0 amide bonds. The zero-order chi connectivity index (χ0) is 38.1. The first-order chi connectivity index (χ1) is 28.2.